The summed E-state index contributed by atoms with van der Waals surface area (Å²) in [4.78, 5) is 19.4. The van der Waals surface area contributed by atoms with Gasteiger partial charge in [-0.3, -0.25) is 4.79 Å². The van der Waals surface area contributed by atoms with Crippen LogP contribution in [-0.4, -0.2) is 23.2 Å². The van der Waals surface area contributed by atoms with E-state index in [1.165, 1.54) is 0 Å². The number of allylic oxidation sites excluding steroid dienone is 1. The molecule has 2 aromatic carbocycles. The minimum absolute atomic E-state index is 0.262. The number of halogens is 2. The van der Waals surface area contributed by atoms with Crippen molar-refractivity contribution in [1.29, 1.82) is 0 Å². The third-order valence-electron chi connectivity index (χ3n) is 6.06. The Balaban J connectivity index is 1.70. The van der Waals surface area contributed by atoms with Crippen LogP contribution in [0, 0.1) is 51.4 Å². The molecule has 0 saturated carbocycles. The molecule has 0 fully saturated rings. The Hall–Kier alpha value is -4.75. The average molecular weight is 506 g/mol. The fraction of sp³-hybridized carbons (Fsp3) is 0.129. The predicted molar refractivity (Wildman–Crippen MR) is 147 cm³/mol. The van der Waals surface area contributed by atoms with Gasteiger partial charge in [0.1, 0.15) is 5.76 Å². The van der Waals surface area contributed by atoms with Gasteiger partial charge in [0.15, 0.2) is 0 Å². The number of rotatable bonds is 5. The van der Waals surface area contributed by atoms with Crippen LogP contribution in [0.2, 0.25) is 0 Å². The van der Waals surface area contributed by atoms with E-state index in [1.54, 1.807) is 20.8 Å². The predicted octanol–water partition coefficient (Wildman–Crippen LogP) is 6.54. The van der Waals surface area contributed by atoms with E-state index in [-0.39, 0.29) is 17.1 Å². The Morgan fingerprint density at radius 2 is 1.18 bits per heavy atom. The summed E-state index contributed by atoms with van der Waals surface area (Å²) in [7, 11) is -3.12. The lowest BCUT2D eigenvalue weighted by molar-refractivity contribution is 0.104. The van der Waals surface area contributed by atoms with E-state index in [0.717, 1.165) is 17.2 Å². The minimum Gasteiger partial charge on any atom is -0.503 e. The van der Waals surface area contributed by atoms with Crippen molar-refractivity contribution < 1.29 is 18.1 Å². The van der Waals surface area contributed by atoms with Gasteiger partial charge in [0, 0.05) is 39.7 Å². The van der Waals surface area contributed by atoms with Crippen LogP contribution < -0.4 is 0 Å². The lowest BCUT2D eigenvalue weighted by atomic mass is 10.1. The number of aryl methyl sites for hydroxylation is 2. The molecule has 0 aliphatic rings. The highest BCUT2D eigenvalue weighted by atomic mass is 19.2. The van der Waals surface area contributed by atoms with Gasteiger partial charge in [-0.05, 0) is 63.1 Å². The topological polar surface area (TPSA) is 57.9 Å². The monoisotopic (exact) mass is 506 g/mol. The molecule has 2 heterocycles. The van der Waals surface area contributed by atoms with Crippen molar-refractivity contribution >= 4 is 19.0 Å². The summed E-state index contributed by atoms with van der Waals surface area (Å²) < 4.78 is 31.6. The molecule has 2 aromatic heterocycles. The maximum atomic E-state index is 13.4. The van der Waals surface area contributed by atoms with E-state index >= 15 is 0 Å². The van der Waals surface area contributed by atoms with Crippen LogP contribution in [0.15, 0.2) is 66.7 Å². The van der Waals surface area contributed by atoms with Crippen molar-refractivity contribution in [3.63, 3.8) is 0 Å². The smallest absolute Gasteiger partial charge is 0.503 e. The van der Waals surface area contributed by atoms with E-state index < -0.39 is 13.3 Å². The van der Waals surface area contributed by atoms with Gasteiger partial charge in [-0.25, -0.2) is 8.63 Å². The largest absolute Gasteiger partial charge is 0.796 e. The number of carbonyl (C=O) groups excluding carboxylic acids is 1. The highest BCUT2D eigenvalue weighted by molar-refractivity contribution is 6.36. The van der Waals surface area contributed by atoms with Gasteiger partial charge in [-0.1, -0.05) is 60.1 Å². The molecule has 0 saturated heterocycles. The second-order valence-corrected chi connectivity index (χ2v) is 8.73. The zero-order chi connectivity index (χ0) is 27.2. The molecule has 4 aromatic rings. The van der Waals surface area contributed by atoms with Gasteiger partial charge in [0.05, 0.1) is 11.4 Å². The first-order valence-electron chi connectivity index (χ1n) is 12.0. The van der Waals surface area contributed by atoms with Crippen molar-refractivity contribution in [2.45, 2.75) is 27.7 Å². The van der Waals surface area contributed by atoms with E-state index in [2.05, 4.69) is 33.6 Å². The van der Waals surface area contributed by atoms with Crippen LogP contribution in [-0.2, 0) is 4.65 Å². The molecule has 4 nitrogen and oxygen atoms in total. The van der Waals surface area contributed by atoms with Crippen LogP contribution in [0.3, 0.4) is 0 Å². The van der Waals surface area contributed by atoms with Crippen LogP contribution in [0.1, 0.15) is 61.0 Å². The molecule has 38 heavy (non-hydrogen) atoms. The molecular weight excluding hydrogens is 481 g/mol. The number of hydrogen-bond acceptors (Lipinski definition) is 2. The number of hydrogen-bond donors (Lipinski definition) is 2. The molecule has 0 spiro atoms. The van der Waals surface area contributed by atoms with Gasteiger partial charge in [-0.2, -0.15) is 0 Å². The fourth-order valence-corrected chi connectivity index (χ4v) is 4.13. The summed E-state index contributed by atoms with van der Waals surface area (Å²) >= 11 is 0. The fourth-order valence-electron chi connectivity index (χ4n) is 4.13. The second kappa shape index (κ2) is 11.5. The maximum absolute atomic E-state index is 13.4. The van der Waals surface area contributed by atoms with Crippen LogP contribution in [0.4, 0.5) is 8.63 Å². The molecule has 0 aliphatic carbocycles. The summed E-state index contributed by atoms with van der Waals surface area (Å²) in [6, 6.07) is 18.9. The zero-order valence-corrected chi connectivity index (χ0v) is 21.5. The standard InChI is InChI=1S/C31H25BF2N2O2/c1-20-26(17-15-24-11-7-5-8-12-24)22(3)35-30(20)28(37)19-29(38-32(33)34)31-21(2)27(23(4)36-31)18-16-25-13-9-6-10-14-25/h5-14,19,35-36H,1-4H3/b29-19-. The van der Waals surface area contributed by atoms with Crippen molar-refractivity contribution in [3.05, 3.63) is 123 Å². The highest BCUT2D eigenvalue weighted by Crippen LogP contribution is 2.27. The Kier molecular flexibility index (Phi) is 7.99. The van der Waals surface area contributed by atoms with Gasteiger partial charge >= 0.3 is 7.47 Å². The third kappa shape index (κ3) is 5.96. The quantitative estimate of drug-likeness (QED) is 0.106. The molecule has 2 N–H and O–H groups in total. The average Bonchev–Trinajstić information content (AvgIpc) is 3.35. The molecule has 0 unspecified atom stereocenters. The van der Waals surface area contributed by atoms with Crippen LogP contribution in [0.25, 0.3) is 5.76 Å². The van der Waals surface area contributed by atoms with E-state index in [9.17, 15) is 13.4 Å². The molecule has 0 amide bonds. The summed E-state index contributed by atoms with van der Waals surface area (Å²) in [5.74, 6) is 11.6. The molecular formula is C31H25BF2N2O2. The maximum Gasteiger partial charge on any atom is 0.796 e. The van der Waals surface area contributed by atoms with Gasteiger partial charge in [0.25, 0.3) is 0 Å². The third-order valence-corrected chi connectivity index (χ3v) is 6.06. The van der Waals surface area contributed by atoms with E-state index in [4.69, 9.17) is 4.65 Å². The van der Waals surface area contributed by atoms with Gasteiger partial charge in [0.2, 0.25) is 5.78 Å². The summed E-state index contributed by atoms with van der Waals surface area (Å²) in [5, 5.41) is 0. The van der Waals surface area contributed by atoms with E-state index in [0.29, 0.717) is 33.6 Å². The van der Waals surface area contributed by atoms with Crippen molar-refractivity contribution in [2.75, 3.05) is 0 Å². The number of aromatic amines is 2. The van der Waals surface area contributed by atoms with Crippen molar-refractivity contribution in [2.24, 2.45) is 0 Å². The lowest BCUT2D eigenvalue weighted by Crippen LogP contribution is -2.08. The molecule has 0 radical (unpaired) electrons. The normalized spacial score (nSPS) is 10.7. The van der Waals surface area contributed by atoms with Crippen molar-refractivity contribution in [1.82, 2.24) is 9.97 Å². The van der Waals surface area contributed by atoms with Crippen molar-refractivity contribution in [3.8, 4) is 23.7 Å². The first-order chi connectivity index (χ1) is 18.2. The Bertz CT molecular complexity index is 1630. The Morgan fingerprint density at radius 3 is 1.66 bits per heavy atom. The number of ketones is 1. The molecule has 188 valence electrons. The highest BCUT2D eigenvalue weighted by Gasteiger charge is 2.25. The van der Waals surface area contributed by atoms with E-state index in [1.807, 2.05) is 67.6 Å². The number of carbonyl (C=O) groups is 1. The lowest BCUT2D eigenvalue weighted by Gasteiger charge is -2.08. The second-order valence-electron chi connectivity index (χ2n) is 8.73. The van der Waals surface area contributed by atoms with Gasteiger partial charge < -0.3 is 14.6 Å². The number of benzene rings is 2. The number of H-pyrrole nitrogens is 2. The Morgan fingerprint density at radius 1 is 0.737 bits per heavy atom. The molecule has 0 bridgehead atoms. The summed E-state index contributed by atoms with van der Waals surface area (Å²) in [6.45, 7) is 7.13. The minimum atomic E-state index is -3.12. The van der Waals surface area contributed by atoms with Gasteiger partial charge in [-0.15, -0.1) is 0 Å². The molecule has 0 aliphatic heterocycles. The molecule has 7 heteroatoms. The van der Waals surface area contributed by atoms with Crippen LogP contribution in [0.5, 0.6) is 0 Å². The zero-order valence-electron chi connectivity index (χ0n) is 21.5. The summed E-state index contributed by atoms with van der Waals surface area (Å²) in [6.07, 6.45) is 1.07. The summed E-state index contributed by atoms with van der Waals surface area (Å²) in [5.41, 5.74) is 6.20. The molecule has 0 atom stereocenters. The van der Waals surface area contributed by atoms with Crippen LogP contribution >= 0.6 is 0 Å². The first kappa shape index (κ1) is 26.3. The first-order valence-corrected chi connectivity index (χ1v) is 12.0. The SMILES string of the molecule is Cc1[nH]c(C(=O)/C=C(\OB(F)F)c2[nH]c(C)c(C#Cc3ccccc3)c2C)c(C)c1C#Cc1ccccc1. The Labute approximate surface area is 221 Å². The molecule has 4 rings (SSSR count). The number of aromatic nitrogens is 2. The number of nitrogens with one attached hydrogen (secondary N) is 2.